The van der Waals surface area contributed by atoms with Crippen molar-refractivity contribution in [2.45, 2.75) is 41.5 Å². The van der Waals surface area contributed by atoms with E-state index in [0.29, 0.717) is 17.7 Å². The molecule has 2 rings (SSSR count). The summed E-state index contributed by atoms with van der Waals surface area (Å²) in [6.07, 6.45) is 1.34. The largest absolute Gasteiger partial charge is 0.399 e. The number of nitro benzene ring substituents is 1. The standard InChI is InChI=1S/C8H9FN2O2.C8H10FN.2CH4/c1-2-5-3-6(9)8(11(12)13)4-7(5)10;1-2-6-5-7(9)3-4-8(6)10;;/h3-4H,2,10H2,1H3;3-5H,2,10H2,1H3;2*1H4. The second-order valence-corrected chi connectivity index (χ2v) is 4.81. The van der Waals surface area contributed by atoms with E-state index in [1.54, 1.807) is 13.0 Å². The molecule has 0 heterocycles. The van der Waals surface area contributed by atoms with Gasteiger partial charge in [0.2, 0.25) is 5.82 Å². The molecular formula is C18H27F2N3O2. The fourth-order valence-corrected chi connectivity index (χ4v) is 1.95. The second kappa shape index (κ2) is 11.0. The van der Waals surface area contributed by atoms with Crippen molar-refractivity contribution in [1.29, 1.82) is 0 Å². The third kappa shape index (κ3) is 6.74. The van der Waals surface area contributed by atoms with Crippen LogP contribution in [0.3, 0.4) is 0 Å². The maximum atomic E-state index is 13.0. The minimum atomic E-state index is -0.837. The molecule has 0 amide bonds. The van der Waals surface area contributed by atoms with Crippen molar-refractivity contribution in [2.75, 3.05) is 11.5 Å². The Bertz CT molecular complexity index is 707. The van der Waals surface area contributed by atoms with Crippen LogP contribution in [-0.2, 0) is 12.8 Å². The number of nitro groups is 1. The van der Waals surface area contributed by atoms with E-state index < -0.39 is 16.4 Å². The lowest BCUT2D eigenvalue weighted by molar-refractivity contribution is -0.387. The first-order valence-electron chi connectivity index (χ1n) is 7.06. The lowest BCUT2D eigenvalue weighted by atomic mass is 10.1. The molecule has 0 spiro atoms. The zero-order valence-corrected chi connectivity index (χ0v) is 13.0. The molecule has 0 aliphatic rings. The van der Waals surface area contributed by atoms with Crippen molar-refractivity contribution in [2.24, 2.45) is 0 Å². The fourth-order valence-electron chi connectivity index (χ4n) is 1.95. The van der Waals surface area contributed by atoms with Gasteiger partial charge in [-0.15, -0.1) is 0 Å². The number of hydrogen-bond acceptors (Lipinski definition) is 4. The fraction of sp³-hybridized carbons (Fsp3) is 0.333. The van der Waals surface area contributed by atoms with E-state index in [1.165, 1.54) is 12.1 Å². The van der Waals surface area contributed by atoms with Gasteiger partial charge in [0.25, 0.3) is 0 Å². The molecule has 0 unspecified atom stereocenters. The average Bonchev–Trinajstić information content (AvgIpc) is 2.51. The van der Waals surface area contributed by atoms with Crippen LogP contribution >= 0.6 is 0 Å². The van der Waals surface area contributed by atoms with E-state index in [9.17, 15) is 18.9 Å². The number of anilines is 2. The number of nitrogen functional groups attached to an aromatic ring is 2. The molecule has 2 aromatic carbocycles. The van der Waals surface area contributed by atoms with Crippen molar-refractivity contribution < 1.29 is 13.7 Å². The molecule has 0 aliphatic heterocycles. The first-order chi connectivity index (χ1) is 10.8. The maximum absolute atomic E-state index is 13.0. The summed E-state index contributed by atoms with van der Waals surface area (Å²) in [5.41, 5.74) is 12.8. The number of nitrogens with zero attached hydrogens (tertiary/aromatic N) is 1. The summed E-state index contributed by atoms with van der Waals surface area (Å²) in [4.78, 5) is 9.50. The first-order valence-corrected chi connectivity index (χ1v) is 7.06. The van der Waals surface area contributed by atoms with Crippen LogP contribution in [0.4, 0.5) is 25.8 Å². The Kier molecular flexibility index (Phi) is 10.8. The minimum absolute atomic E-state index is 0. The Morgan fingerprint density at radius 2 is 1.48 bits per heavy atom. The van der Waals surface area contributed by atoms with E-state index in [-0.39, 0.29) is 26.4 Å². The highest BCUT2D eigenvalue weighted by molar-refractivity contribution is 5.54. The smallest absolute Gasteiger partial charge is 0.306 e. The zero-order chi connectivity index (χ0) is 17.6. The second-order valence-electron chi connectivity index (χ2n) is 4.81. The quantitative estimate of drug-likeness (QED) is 0.454. The van der Waals surface area contributed by atoms with Crippen LogP contribution < -0.4 is 11.5 Å². The molecule has 5 nitrogen and oxygen atoms in total. The number of halogens is 2. The molecule has 7 heteroatoms. The van der Waals surface area contributed by atoms with Gasteiger partial charge < -0.3 is 11.5 Å². The summed E-state index contributed by atoms with van der Waals surface area (Å²) < 4.78 is 25.4. The van der Waals surface area contributed by atoms with Gasteiger partial charge in [-0.05, 0) is 48.2 Å². The van der Waals surface area contributed by atoms with Crippen LogP contribution in [0, 0.1) is 21.7 Å². The van der Waals surface area contributed by atoms with Crippen molar-refractivity contribution in [3.63, 3.8) is 0 Å². The highest BCUT2D eigenvalue weighted by atomic mass is 19.1. The minimum Gasteiger partial charge on any atom is -0.399 e. The highest BCUT2D eigenvalue weighted by Crippen LogP contribution is 2.24. The summed E-state index contributed by atoms with van der Waals surface area (Å²) in [5.74, 6) is -1.05. The van der Waals surface area contributed by atoms with Gasteiger partial charge in [-0.1, -0.05) is 28.7 Å². The number of aryl methyl sites for hydroxylation is 2. The predicted molar refractivity (Wildman–Crippen MR) is 100 cm³/mol. The van der Waals surface area contributed by atoms with Crippen molar-refractivity contribution >= 4 is 17.1 Å². The summed E-state index contributed by atoms with van der Waals surface area (Å²) in [6, 6.07) is 6.58. The first kappa shape index (κ1) is 24.6. The third-order valence-electron chi connectivity index (χ3n) is 3.27. The van der Waals surface area contributed by atoms with E-state index in [1.807, 2.05) is 6.92 Å². The van der Waals surface area contributed by atoms with Crippen LogP contribution in [0.5, 0.6) is 0 Å². The van der Waals surface area contributed by atoms with Gasteiger partial charge in [0.05, 0.1) is 4.92 Å². The molecular weight excluding hydrogens is 328 g/mol. The SMILES string of the molecule is C.C.CCc1cc(F)c([N+](=O)[O-])cc1N.CCc1cc(F)ccc1N. The van der Waals surface area contributed by atoms with Crippen LogP contribution in [-0.4, -0.2) is 4.92 Å². The van der Waals surface area contributed by atoms with Crippen molar-refractivity contribution in [3.8, 4) is 0 Å². The van der Waals surface area contributed by atoms with Crippen LogP contribution in [0.25, 0.3) is 0 Å². The summed E-state index contributed by atoms with van der Waals surface area (Å²) in [6.45, 7) is 3.75. The summed E-state index contributed by atoms with van der Waals surface area (Å²) >= 11 is 0. The number of nitrogens with two attached hydrogens (primary N) is 2. The van der Waals surface area contributed by atoms with E-state index in [0.717, 1.165) is 24.1 Å². The third-order valence-corrected chi connectivity index (χ3v) is 3.27. The monoisotopic (exact) mass is 355 g/mol. The highest BCUT2D eigenvalue weighted by Gasteiger charge is 2.15. The van der Waals surface area contributed by atoms with Crippen LogP contribution in [0.1, 0.15) is 39.8 Å². The lowest BCUT2D eigenvalue weighted by Gasteiger charge is -2.02. The van der Waals surface area contributed by atoms with Gasteiger partial charge in [0.15, 0.2) is 0 Å². The average molecular weight is 355 g/mol. The topological polar surface area (TPSA) is 95.2 Å². The Morgan fingerprint density at radius 3 is 1.92 bits per heavy atom. The van der Waals surface area contributed by atoms with Gasteiger partial charge >= 0.3 is 5.69 Å². The number of rotatable bonds is 3. The van der Waals surface area contributed by atoms with Gasteiger partial charge in [0, 0.05) is 17.4 Å². The lowest BCUT2D eigenvalue weighted by Crippen LogP contribution is -1.99. The summed E-state index contributed by atoms with van der Waals surface area (Å²) in [7, 11) is 0. The molecule has 140 valence electrons. The van der Waals surface area contributed by atoms with E-state index in [4.69, 9.17) is 11.5 Å². The van der Waals surface area contributed by atoms with Gasteiger partial charge in [-0.2, -0.15) is 4.39 Å². The molecule has 0 atom stereocenters. The maximum Gasteiger partial charge on any atom is 0.306 e. The molecule has 0 saturated carbocycles. The molecule has 25 heavy (non-hydrogen) atoms. The van der Waals surface area contributed by atoms with E-state index >= 15 is 0 Å². The van der Waals surface area contributed by atoms with Crippen LogP contribution in [0.2, 0.25) is 0 Å². The predicted octanol–water partition coefficient (Wildman–Crippen LogP) is 5.12. The number of hydrogen-bond donors (Lipinski definition) is 2. The molecule has 0 bridgehead atoms. The van der Waals surface area contributed by atoms with Crippen LogP contribution in [0.15, 0.2) is 30.3 Å². The zero-order valence-electron chi connectivity index (χ0n) is 13.0. The molecule has 0 aromatic heterocycles. The molecule has 0 radical (unpaired) electrons. The molecule has 4 N–H and O–H groups in total. The molecule has 0 fully saturated rings. The molecule has 0 saturated heterocycles. The summed E-state index contributed by atoms with van der Waals surface area (Å²) in [5, 5.41) is 10.3. The van der Waals surface area contributed by atoms with Crippen molar-refractivity contribution in [3.05, 3.63) is 63.2 Å². The van der Waals surface area contributed by atoms with E-state index in [2.05, 4.69) is 0 Å². The normalized spacial score (nSPS) is 9.12. The Balaban J connectivity index is 0. The molecule has 0 aliphatic carbocycles. The molecule has 2 aromatic rings. The Morgan fingerprint density at radius 1 is 0.960 bits per heavy atom. The number of benzene rings is 2. The van der Waals surface area contributed by atoms with Gasteiger partial charge in [0.1, 0.15) is 5.82 Å². The van der Waals surface area contributed by atoms with Crippen molar-refractivity contribution in [1.82, 2.24) is 0 Å². The Hall–Kier alpha value is -2.70. The Labute approximate surface area is 147 Å². The van der Waals surface area contributed by atoms with Gasteiger partial charge in [-0.25, -0.2) is 4.39 Å². The van der Waals surface area contributed by atoms with Gasteiger partial charge in [-0.3, -0.25) is 10.1 Å².